The Balaban J connectivity index is 1.92. The largest absolute Gasteiger partial charge is 0.490 e. The molecule has 0 bridgehead atoms. The number of aromatic nitrogens is 1. The molecule has 0 saturated carbocycles. The molecule has 2 heterocycles. The third kappa shape index (κ3) is 4.99. The summed E-state index contributed by atoms with van der Waals surface area (Å²) in [6.45, 7) is 7.13. The van der Waals surface area contributed by atoms with Crippen molar-refractivity contribution in [3.63, 3.8) is 0 Å². The van der Waals surface area contributed by atoms with Crippen molar-refractivity contribution in [2.24, 2.45) is 5.92 Å². The fourth-order valence-electron chi connectivity index (χ4n) is 2.31. The van der Waals surface area contributed by atoms with Gasteiger partial charge in [0.05, 0.1) is 11.1 Å². The van der Waals surface area contributed by atoms with Gasteiger partial charge < -0.3 is 14.4 Å². The maximum absolute atomic E-state index is 12.1. The monoisotopic (exact) mass is 415 g/mol. The zero-order chi connectivity index (χ0) is 17.9. The van der Waals surface area contributed by atoms with Gasteiger partial charge in [0.1, 0.15) is 16.8 Å². The van der Waals surface area contributed by atoms with E-state index in [1.807, 2.05) is 26.8 Å². The second-order valence-corrected chi connectivity index (χ2v) is 7.82. The number of carbonyl (C=O) groups is 1. The van der Waals surface area contributed by atoms with E-state index in [1.165, 1.54) is 0 Å². The minimum atomic E-state index is -0.505. The van der Waals surface area contributed by atoms with E-state index in [0.29, 0.717) is 29.9 Å². The van der Waals surface area contributed by atoms with Gasteiger partial charge in [0.15, 0.2) is 11.4 Å². The number of hydrogen-bond donors (Lipinski definition) is 0. The lowest BCUT2D eigenvalue weighted by molar-refractivity contribution is 0.0284. The molecule has 1 aliphatic heterocycles. The van der Waals surface area contributed by atoms with Crippen LogP contribution in [0.5, 0.6) is 5.75 Å². The molecule has 1 amide bonds. The Morgan fingerprint density at radius 2 is 2.29 bits per heavy atom. The van der Waals surface area contributed by atoms with E-state index in [-0.39, 0.29) is 22.9 Å². The van der Waals surface area contributed by atoms with Crippen molar-refractivity contribution in [1.82, 2.24) is 9.88 Å². The lowest BCUT2D eigenvalue weighted by Gasteiger charge is -2.24. The minimum Gasteiger partial charge on any atom is -0.490 e. The number of likely N-dealkylation sites (tertiary alicyclic amines) is 1. The van der Waals surface area contributed by atoms with Crippen molar-refractivity contribution in [3.05, 3.63) is 21.4 Å². The first kappa shape index (κ1) is 18.8. The van der Waals surface area contributed by atoms with Crippen LogP contribution in [0.15, 0.2) is 10.5 Å². The van der Waals surface area contributed by atoms with Gasteiger partial charge in [0.2, 0.25) is 0 Å². The maximum Gasteiger partial charge on any atom is 0.410 e. The minimum absolute atomic E-state index is 0.144. The molecule has 1 fully saturated rings. The summed E-state index contributed by atoms with van der Waals surface area (Å²) in [4.78, 5) is 17.7. The average molecular weight is 417 g/mol. The highest BCUT2D eigenvalue weighted by molar-refractivity contribution is 9.10. The molecule has 0 aliphatic carbocycles. The molecular weight excluding hydrogens is 398 g/mol. The van der Waals surface area contributed by atoms with E-state index in [4.69, 9.17) is 26.3 Å². The van der Waals surface area contributed by atoms with Crippen molar-refractivity contribution in [1.29, 1.82) is 5.26 Å². The lowest BCUT2D eigenvalue weighted by atomic mass is 10.1. The number of nitrogens with zero attached hydrogens (tertiary/aromatic N) is 3. The fourth-order valence-corrected chi connectivity index (χ4v) is 2.74. The van der Waals surface area contributed by atoms with Crippen molar-refractivity contribution in [2.45, 2.75) is 32.8 Å². The predicted molar refractivity (Wildman–Crippen MR) is 93.1 cm³/mol. The van der Waals surface area contributed by atoms with Crippen LogP contribution in [0.3, 0.4) is 0 Å². The molecule has 0 spiro atoms. The molecular formula is C16H19BrClN3O3. The molecule has 0 radical (unpaired) electrons. The van der Waals surface area contributed by atoms with Gasteiger partial charge >= 0.3 is 6.09 Å². The van der Waals surface area contributed by atoms with Gasteiger partial charge in [-0.2, -0.15) is 5.26 Å². The van der Waals surface area contributed by atoms with E-state index in [1.54, 1.807) is 11.0 Å². The van der Waals surface area contributed by atoms with E-state index < -0.39 is 5.60 Å². The Hall–Kier alpha value is -1.52. The number of amides is 1. The number of rotatable bonds is 3. The van der Waals surface area contributed by atoms with Gasteiger partial charge in [-0.15, -0.1) is 0 Å². The first-order valence-corrected chi connectivity index (χ1v) is 8.73. The van der Waals surface area contributed by atoms with Crippen LogP contribution in [0.25, 0.3) is 0 Å². The van der Waals surface area contributed by atoms with Crippen molar-refractivity contribution in [3.8, 4) is 11.8 Å². The molecule has 0 unspecified atom stereocenters. The van der Waals surface area contributed by atoms with Gasteiger partial charge in [0, 0.05) is 25.1 Å². The zero-order valence-electron chi connectivity index (χ0n) is 13.8. The molecule has 130 valence electrons. The second kappa shape index (κ2) is 7.58. The summed E-state index contributed by atoms with van der Waals surface area (Å²) < 4.78 is 11.7. The molecule has 1 aromatic heterocycles. The standard InChI is InChI=1S/C16H19BrClN3O3/c1-16(2,3)24-15(22)21-5-4-10(8-21)9-23-13-6-11(17)14(18)20-12(13)7-19/h6,10H,4-5,8-9H2,1-3H3/t10-/m1/s1. The Morgan fingerprint density at radius 3 is 2.92 bits per heavy atom. The Kier molecular flexibility index (Phi) is 5.94. The number of nitriles is 1. The van der Waals surface area contributed by atoms with Crippen molar-refractivity contribution in [2.75, 3.05) is 19.7 Å². The Bertz CT molecular complexity index is 670. The fraction of sp³-hybridized carbons (Fsp3) is 0.562. The Labute approximate surface area is 154 Å². The molecule has 1 atom stereocenters. The third-order valence-corrected chi connectivity index (χ3v) is 4.54. The molecule has 24 heavy (non-hydrogen) atoms. The summed E-state index contributed by atoms with van der Waals surface area (Å²) in [5.41, 5.74) is -0.362. The highest BCUT2D eigenvalue weighted by atomic mass is 79.9. The summed E-state index contributed by atoms with van der Waals surface area (Å²) in [5, 5.41) is 9.33. The average Bonchev–Trinajstić information content (AvgIpc) is 2.95. The van der Waals surface area contributed by atoms with E-state index in [0.717, 1.165) is 6.42 Å². The van der Waals surface area contributed by atoms with Gasteiger partial charge in [-0.1, -0.05) is 11.6 Å². The maximum atomic E-state index is 12.1. The highest BCUT2D eigenvalue weighted by Crippen LogP contribution is 2.28. The number of hydrogen-bond acceptors (Lipinski definition) is 5. The van der Waals surface area contributed by atoms with Crippen LogP contribution in [-0.4, -0.2) is 41.3 Å². The molecule has 2 rings (SSSR count). The van der Waals surface area contributed by atoms with Crippen LogP contribution in [0, 0.1) is 17.2 Å². The van der Waals surface area contributed by atoms with E-state index in [9.17, 15) is 4.79 Å². The zero-order valence-corrected chi connectivity index (χ0v) is 16.1. The van der Waals surface area contributed by atoms with Crippen LogP contribution >= 0.6 is 27.5 Å². The number of carbonyl (C=O) groups excluding carboxylic acids is 1. The Morgan fingerprint density at radius 1 is 1.58 bits per heavy atom. The van der Waals surface area contributed by atoms with Crippen LogP contribution < -0.4 is 4.74 Å². The van der Waals surface area contributed by atoms with Gasteiger partial charge in [-0.25, -0.2) is 9.78 Å². The van der Waals surface area contributed by atoms with Gasteiger partial charge in [-0.3, -0.25) is 0 Å². The summed E-state index contributed by atoms with van der Waals surface area (Å²) in [6.07, 6.45) is 0.516. The van der Waals surface area contributed by atoms with Crippen LogP contribution in [0.1, 0.15) is 32.9 Å². The van der Waals surface area contributed by atoms with E-state index in [2.05, 4.69) is 20.9 Å². The number of pyridine rings is 1. The summed E-state index contributed by atoms with van der Waals surface area (Å²) in [7, 11) is 0. The molecule has 6 nitrogen and oxygen atoms in total. The quantitative estimate of drug-likeness (QED) is 0.696. The summed E-state index contributed by atoms with van der Waals surface area (Å²) in [6, 6.07) is 3.60. The smallest absolute Gasteiger partial charge is 0.410 e. The topological polar surface area (TPSA) is 75.4 Å². The second-order valence-electron chi connectivity index (χ2n) is 6.61. The summed E-state index contributed by atoms with van der Waals surface area (Å²) >= 11 is 9.14. The van der Waals surface area contributed by atoms with Crippen molar-refractivity contribution < 1.29 is 14.3 Å². The molecule has 8 heteroatoms. The summed E-state index contributed by atoms with van der Waals surface area (Å²) in [5.74, 6) is 0.558. The van der Waals surface area contributed by atoms with Crippen LogP contribution in [0.4, 0.5) is 4.79 Å². The predicted octanol–water partition coefficient (Wildman–Crippen LogP) is 4.00. The van der Waals surface area contributed by atoms with Gasteiger partial charge in [-0.05, 0) is 43.1 Å². The molecule has 0 aromatic carbocycles. The van der Waals surface area contributed by atoms with E-state index >= 15 is 0 Å². The highest BCUT2D eigenvalue weighted by Gasteiger charge is 2.30. The van der Waals surface area contributed by atoms with Crippen LogP contribution in [-0.2, 0) is 4.74 Å². The first-order chi connectivity index (χ1) is 11.2. The SMILES string of the molecule is CC(C)(C)OC(=O)N1CC[C@@H](COc2cc(Br)c(Cl)nc2C#N)C1. The van der Waals surface area contributed by atoms with Crippen molar-refractivity contribution >= 4 is 33.6 Å². The number of ether oxygens (including phenoxy) is 2. The molecule has 1 saturated heterocycles. The van der Waals surface area contributed by atoms with Gasteiger partial charge in [0.25, 0.3) is 0 Å². The third-order valence-electron chi connectivity index (χ3n) is 3.42. The first-order valence-electron chi connectivity index (χ1n) is 7.56. The number of halogens is 2. The molecule has 0 N–H and O–H groups in total. The molecule has 1 aromatic rings. The lowest BCUT2D eigenvalue weighted by Crippen LogP contribution is -2.35. The van der Waals surface area contributed by atoms with Crippen LogP contribution in [0.2, 0.25) is 5.15 Å². The normalized spacial score (nSPS) is 17.5. The molecule has 1 aliphatic rings.